The molecule has 4 nitrogen and oxygen atoms in total. The zero-order valence-corrected chi connectivity index (χ0v) is 12.8. The van der Waals surface area contributed by atoms with Crippen molar-refractivity contribution >= 4 is 16.7 Å². The molecule has 2 aromatic rings. The normalized spacial score (nSPS) is 16.8. The van der Waals surface area contributed by atoms with Gasteiger partial charge >= 0.3 is 0 Å². The molecule has 1 aliphatic rings. The maximum Gasteiger partial charge on any atom is 0.237 e. The van der Waals surface area contributed by atoms with Gasteiger partial charge in [0.1, 0.15) is 0 Å². The molecule has 0 radical (unpaired) electrons. The highest BCUT2D eigenvalue weighted by atomic mass is 16.2. The van der Waals surface area contributed by atoms with E-state index in [1.165, 1.54) is 16.3 Å². The number of rotatable bonds is 4. The minimum Gasteiger partial charge on any atom is -0.303 e. The predicted octanol–water partition coefficient (Wildman–Crippen LogP) is 2.08. The van der Waals surface area contributed by atoms with Crippen LogP contribution < -0.4 is 11.3 Å². The van der Waals surface area contributed by atoms with Crippen molar-refractivity contribution in [3.8, 4) is 0 Å². The molecule has 3 rings (SSSR count). The molecule has 1 fully saturated rings. The fraction of sp³-hybridized carbons (Fsp3) is 0.389. The second-order valence-corrected chi connectivity index (χ2v) is 6.06. The number of carbonyl (C=O) groups excluding carboxylic acids is 1. The van der Waals surface area contributed by atoms with Crippen LogP contribution in [0.1, 0.15) is 18.4 Å². The molecule has 1 aliphatic heterocycles. The van der Waals surface area contributed by atoms with Crippen LogP contribution in [0.3, 0.4) is 0 Å². The van der Waals surface area contributed by atoms with E-state index in [2.05, 4.69) is 52.8 Å². The van der Waals surface area contributed by atoms with Crippen molar-refractivity contribution in [2.24, 2.45) is 11.8 Å². The summed E-state index contributed by atoms with van der Waals surface area (Å²) >= 11 is 0. The summed E-state index contributed by atoms with van der Waals surface area (Å²) in [6.45, 7) is 3.01. The van der Waals surface area contributed by atoms with Crippen LogP contribution in [0.25, 0.3) is 10.8 Å². The molecule has 22 heavy (non-hydrogen) atoms. The fourth-order valence-corrected chi connectivity index (χ4v) is 3.22. The van der Waals surface area contributed by atoms with Crippen LogP contribution in [0.4, 0.5) is 0 Å². The third-order valence-corrected chi connectivity index (χ3v) is 4.63. The third-order valence-electron chi connectivity index (χ3n) is 4.63. The van der Waals surface area contributed by atoms with Crippen LogP contribution in [0.5, 0.6) is 0 Å². The highest BCUT2D eigenvalue weighted by molar-refractivity contribution is 5.83. The van der Waals surface area contributed by atoms with Gasteiger partial charge in [-0.25, -0.2) is 5.84 Å². The van der Waals surface area contributed by atoms with Crippen LogP contribution in [-0.4, -0.2) is 30.4 Å². The Kier molecular flexibility index (Phi) is 4.71. The van der Waals surface area contributed by atoms with Crippen LogP contribution >= 0.6 is 0 Å². The number of fused-ring (bicyclic) bond motifs is 1. The maximum absolute atomic E-state index is 11.5. The molecule has 0 spiro atoms. The second kappa shape index (κ2) is 6.90. The van der Waals surface area contributed by atoms with Crippen molar-refractivity contribution in [3.63, 3.8) is 0 Å². The summed E-state index contributed by atoms with van der Waals surface area (Å²) < 4.78 is 0. The summed E-state index contributed by atoms with van der Waals surface area (Å²) in [5.41, 5.74) is 3.64. The van der Waals surface area contributed by atoms with Gasteiger partial charge in [-0.05, 0) is 48.7 Å². The van der Waals surface area contributed by atoms with Crippen LogP contribution in [0.2, 0.25) is 0 Å². The number of likely N-dealkylation sites (tertiary alicyclic amines) is 1. The van der Waals surface area contributed by atoms with Crippen molar-refractivity contribution in [2.75, 3.05) is 19.6 Å². The fourth-order valence-electron chi connectivity index (χ4n) is 3.22. The highest BCUT2D eigenvalue weighted by Gasteiger charge is 2.23. The van der Waals surface area contributed by atoms with Crippen LogP contribution in [0, 0.1) is 5.92 Å². The minimum absolute atomic E-state index is 0.0193. The Labute approximate surface area is 131 Å². The average molecular weight is 297 g/mol. The number of hydrazine groups is 1. The van der Waals surface area contributed by atoms with E-state index >= 15 is 0 Å². The van der Waals surface area contributed by atoms with E-state index in [9.17, 15) is 4.79 Å². The highest BCUT2D eigenvalue weighted by Crippen LogP contribution is 2.19. The lowest BCUT2D eigenvalue weighted by Gasteiger charge is -2.30. The Morgan fingerprint density at radius 3 is 2.59 bits per heavy atom. The van der Waals surface area contributed by atoms with Crippen molar-refractivity contribution in [2.45, 2.75) is 19.3 Å². The Morgan fingerprint density at radius 2 is 1.86 bits per heavy atom. The first-order chi connectivity index (χ1) is 10.8. The van der Waals surface area contributed by atoms with Crippen LogP contribution in [-0.2, 0) is 11.2 Å². The molecule has 1 saturated heterocycles. The smallest absolute Gasteiger partial charge is 0.237 e. The molecule has 3 N–H and O–H groups in total. The first-order valence-electron chi connectivity index (χ1n) is 7.97. The van der Waals surface area contributed by atoms with E-state index in [1.807, 2.05) is 0 Å². The summed E-state index contributed by atoms with van der Waals surface area (Å²) in [7, 11) is 0. The molecule has 0 unspecified atom stereocenters. The monoisotopic (exact) mass is 297 g/mol. The molecule has 0 bridgehead atoms. The van der Waals surface area contributed by atoms with Crippen molar-refractivity contribution in [3.05, 3.63) is 48.0 Å². The van der Waals surface area contributed by atoms with Gasteiger partial charge in [-0.1, -0.05) is 42.5 Å². The molecule has 0 aliphatic carbocycles. The molecular weight excluding hydrogens is 274 g/mol. The zero-order valence-electron chi connectivity index (χ0n) is 12.8. The van der Waals surface area contributed by atoms with E-state index in [0.717, 1.165) is 38.9 Å². The lowest BCUT2D eigenvalue weighted by molar-refractivity contribution is -0.126. The Morgan fingerprint density at radius 1 is 1.14 bits per heavy atom. The first kappa shape index (κ1) is 15.0. The summed E-state index contributed by atoms with van der Waals surface area (Å²) in [4.78, 5) is 14.0. The zero-order chi connectivity index (χ0) is 15.4. The van der Waals surface area contributed by atoms with Gasteiger partial charge in [0.05, 0.1) is 0 Å². The number of piperidine rings is 1. The van der Waals surface area contributed by atoms with Crippen molar-refractivity contribution < 1.29 is 4.79 Å². The van der Waals surface area contributed by atoms with E-state index in [4.69, 9.17) is 5.84 Å². The molecule has 0 atom stereocenters. The topological polar surface area (TPSA) is 58.4 Å². The Bertz CT molecular complexity index is 648. The molecule has 116 valence electrons. The Balaban J connectivity index is 1.53. The van der Waals surface area contributed by atoms with Crippen molar-refractivity contribution in [1.82, 2.24) is 10.3 Å². The lowest BCUT2D eigenvalue weighted by Crippen LogP contribution is -2.43. The van der Waals surface area contributed by atoms with Gasteiger partial charge in [0.15, 0.2) is 0 Å². The summed E-state index contributed by atoms with van der Waals surface area (Å²) in [6, 6.07) is 15.2. The largest absolute Gasteiger partial charge is 0.303 e. The lowest BCUT2D eigenvalue weighted by atomic mass is 9.96. The van der Waals surface area contributed by atoms with E-state index in [0.29, 0.717) is 0 Å². The number of benzene rings is 2. The van der Waals surface area contributed by atoms with Gasteiger partial charge < -0.3 is 4.90 Å². The number of hydrogen-bond donors (Lipinski definition) is 2. The SMILES string of the molecule is NNC(=O)C1CCN(CCc2ccc3ccccc3c2)CC1. The van der Waals surface area contributed by atoms with Gasteiger partial charge in [0.2, 0.25) is 5.91 Å². The molecule has 1 amide bonds. The summed E-state index contributed by atoms with van der Waals surface area (Å²) in [5, 5.41) is 2.60. The second-order valence-electron chi connectivity index (χ2n) is 6.06. The Hall–Kier alpha value is -1.91. The standard InChI is InChI=1S/C18H23N3O/c19-20-18(22)16-8-11-21(12-9-16)10-7-14-5-6-15-3-1-2-4-17(15)13-14/h1-6,13,16H,7-12,19H2,(H,20,22). The number of amides is 1. The summed E-state index contributed by atoms with van der Waals surface area (Å²) in [6.07, 6.45) is 2.86. The number of nitrogens with two attached hydrogens (primary N) is 1. The molecule has 4 heteroatoms. The van der Waals surface area contributed by atoms with Gasteiger partial charge in [-0.3, -0.25) is 10.2 Å². The number of nitrogens with one attached hydrogen (secondary N) is 1. The van der Waals surface area contributed by atoms with Crippen molar-refractivity contribution in [1.29, 1.82) is 0 Å². The number of hydrogen-bond acceptors (Lipinski definition) is 3. The van der Waals surface area contributed by atoms with E-state index in [-0.39, 0.29) is 11.8 Å². The molecule has 2 aromatic carbocycles. The average Bonchev–Trinajstić information content (AvgIpc) is 2.59. The van der Waals surface area contributed by atoms with Gasteiger partial charge in [-0.2, -0.15) is 0 Å². The summed E-state index contributed by atoms with van der Waals surface area (Å²) in [5.74, 6) is 5.27. The quantitative estimate of drug-likeness (QED) is 0.516. The first-order valence-corrected chi connectivity index (χ1v) is 7.97. The maximum atomic E-state index is 11.5. The molecule has 0 saturated carbocycles. The van der Waals surface area contributed by atoms with E-state index < -0.39 is 0 Å². The predicted molar refractivity (Wildman–Crippen MR) is 89.1 cm³/mol. The minimum atomic E-state index is -0.0193. The van der Waals surface area contributed by atoms with Gasteiger partial charge in [0.25, 0.3) is 0 Å². The van der Waals surface area contributed by atoms with Gasteiger partial charge in [-0.15, -0.1) is 0 Å². The molecule has 1 heterocycles. The molecular formula is C18H23N3O. The van der Waals surface area contributed by atoms with Crippen LogP contribution in [0.15, 0.2) is 42.5 Å². The number of nitrogens with zero attached hydrogens (tertiary/aromatic N) is 1. The third kappa shape index (κ3) is 3.46. The molecule has 0 aromatic heterocycles. The van der Waals surface area contributed by atoms with Gasteiger partial charge in [0, 0.05) is 12.5 Å². The van der Waals surface area contributed by atoms with E-state index in [1.54, 1.807) is 0 Å². The number of carbonyl (C=O) groups is 1.